The van der Waals surface area contributed by atoms with Crippen LogP contribution in [0.4, 0.5) is 11.4 Å². The van der Waals surface area contributed by atoms with Crippen LogP contribution < -0.4 is 15.8 Å². The molecule has 0 unspecified atom stereocenters. The van der Waals surface area contributed by atoms with Crippen LogP contribution in [0, 0.1) is 0 Å². The van der Waals surface area contributed by atoms with E-state index in [1.54, 1.807) is 11.9 Å². The van der Waals surface area contributed by atoms with Gasteiger partial charge in [-0.3, -0.25) is 4.72 Å². The van der Waals surface area contributed by atoms with Gasteiger partial charge in [0.2, 0.25) is 0 Å². The number of nitrogens with one attached hydrogen (secondary N) is 2. The Morgan fingerprint density at radius 1 is 1.26 bits per heavy atom. The molecule has 19 heavy (non-hydrogen) atoms. The molecule has 1 aliphatic rings. The second-order valence-corrected chi connectivity index (χ2v) is 5.98. The van der Waals surface area contributed by atoms with E-state index in [2.05, 4.69) is 22.2 Å². The van der Waals surface area contributed by atoms with Crippen molar-refractivity contribution in [1.82, 2.24) is 4.72 Å². The highest BCUT2D eigenvalue weighted by Gasteiger charge is 2.14. The Kier molecular flexibility index (Phi) is 5.92. The molecule has 0 spiro atoms. The van der Waals surface area contributed by atoms with Crippen molar-refractivity contribution < 1.29 is 0 Å². The van der Waals surface area contributed by atoms with Gasteiger partial charge >= 0.3 is 0 Å². The predicted octanol–water partition coefficient (Wildman–Crippen LogP) is 3.20. The van der Waals surface area contributed by atoms with Crippen molar-refractivity contribution >= 4 is 31.2 Å². The monoisotopic (exact) mass is 275 g/mol. The first kappa shape index (κ1) is 14.6. The van der Waals surface area contributed by atoms with Gasteiger partial charge in [0.05, 0.1) is 19.2 Å². The van der Waals surface area contributed by atoms with Gasteiger partial charge in [0, 0.05) is 10.9 Å². The molecular weight excluding hydrogens is 253 g/mol. The summed E-state index contributed by atoms with van der Waals surface area (Å²) in [6.45, 7) is 0.798. The van der Waals surface area contributed by atoms with Gasteiger partial charge in [-0.1, -0.05) is 25.6 Å². The molecular formula is C14H22BN3S. The molecule has 5 heteroatoms. The second kappa shape index (κ2) is 7.70. The molecule has 0 aromatic heterocycles. The second-order valence-electron chi connectivity index (χ2n) is 5.01. The first-order valence-electron chi connectivity index (χ1n) is 7.05. The zero-order valence-electron chi connectivity index (χ0n) is 11.3. The van der Waals surface area contributed by atoms with E-state index in [9.17, 15) is 0 Å². The molecule has 2 radical (unpaired) electrons. The lowest BCUT2D eigenvalue weighted by Crippen LogP contribution is -2.22. The Labute approximate surface area is 121 Å². The first-order chi connectivity index (χ1) is 9.29. The van der Waals surface area contributed by atoms with E-state index in [0.717, 1.165) is 22.8 Å². The third kappa shape index (κ3) is 4.66. The number of rotatable bonds is 6. The lowest BCUT2D eigenvalue weighted by Gasteiger charge is -2.24. The van der Waals surface area contributed by atoms with Crippen molar-refractivity contribution in [3.63, 3.8) is 0 Å². The summed E-state index contributed by atoms with van der Waals surface area (Å²) in [6, 6.07) is 6.77. The average Bonchev–Trinajstić information content (AvgIpc) is 2.43. The van der Waals surface area contributed by atoms with Crippen molar-refractivity contribution in [2.45, 2.75) is 49.4 Å². The third-order valence-corrected chi connectivity index (χ3v) is 4.26. The largest absolute Gasteiger partial charge is 0.397 e. The van der Waals surface area contributed by atoms with Gasteiger partial charge in [0.15, 0.2) is 0 Å². The van der Waals surface area contributed by atoms with Gasteiger partial charge in [0.1, 0.15) is 0 Å². The standard InChI is InChI=1S/C14H22BN3S/c15-8-9-17-19-12-6-7-14(13(16)10-12)18-11-4-2-1-3-5-11/h6-7,10-11,17-18H,1-5,8-9,16H2. The maximum absolute atomic E-state index is 6.11. The van der Waals surface area contributed by atoms with Crippen LogP contribution >= 0.6 is 11.9 Å². The van der Waals surface area contributed by atoms with Crippen molar-refractivity contribution in [2.24, 2.45) is 0 Å². The van der Waals surface area contributed by atoms with Gasteiger partial charge in [-0.15, -0.1) is 0 Å². The molecule has 102 valence electrons. The summed E-state index contributed by atoms with van der Waals surface area (Å²) in [6.07, 6.45) is 7.19. The maximum Gasteiger partial charge on any atom is 0.0670 e. The highest BCUT2D eigenvalue weighted by atomic mass is 32.2. The average molecular weight is 275 g/mol. The van der Waals surface area contributed by atoms with Crippen LogP contribution in [0.1, 0.15) is 32.1 Å². The number of benzene rings is 1. The minimum absolute atomic E-state index is 0.588. The molecule has 4 N–H and O–H groups in total. The Morgan fingerprint density at radius 2 is 2.05 bits per heavy atom. The zero-order valence-corrected chi connectivity index (χ0v) is 12.1. The Balaban J connectivity index is 1.90. The molecule has 1 aromatic rings. The number of anilines is 2. The van der Waals surface area contributed by atoms with Crippen LogP contribution in [-0.4, -0.2) is 20.4 Å². The molecule has 0 bridgehead atoms. The molecule has 0 aliphatic heterocycles. The third-order valence-electron chi connectivity index (χ3n) is 3.42. The van der Waals surface area contributed by atoms with E-state index >= 15 is 0 Å². The van der Waals surface area contributed by atoms with Gasteiger partial charge < -0.3 is 11.1 Å². The van der Waals surface area contributed by atoms with Crippen LogP contribution in [0.5, 0.6) is 0 Å². The molecule has 1 fully saturated rings. The molecule has 0 amide bonds. The highest BCUT2D eigenvalue weighted by Crippen LogP contribution is 2.28. The predicted molar refractivity (Wildman–Crippen MR) is 85.8 cm³/mol. The van der Waals surface area contributed by atoms with Crippen molar-refractivity contribution in [3.05, 3.63) is 18.2 Å². The van der Waals surface area contributed by atoms with Crippen LogP contribution in [0.15, 0.2) is 23.1 Å². The van der Waals surface area contributed by atoms with Crippen LogP contribution in [-0.2, 0) is 0 Å². The summed E-state index contributed by atoms with van der Waals surface area (Å²) in [5, 5.41) is 3.57. The fourth-order valence-electron chi connectivity index (χ4n) is 2.40. The normalized spacial score (nSPS) is 16.4. The van der Waals surface area contributed by atoms with E-state index in [0.29, 0.717) is 12.4 Å². The van der Waals surface area contributed by atoms with E-state index in [1.165, 1.54) is 32.1 Å². The fraction of sp³-hybridized carbons (Fsp3) is 0.571. The van der Waals surface area contributed by atoms with E-state index in [4.69, 9.17) is 13.6 Å². The molecule has 0 heterocycles. The summed E-state index contributed by atoms with van der Waals surface area (Å²) < 4.78 is 3.20. The molecule has 2 rings (SSSR count). The van der Waals surface area contributed by atoms with Crippen LogP contribution in [0.2, 0.25) is 6.32 Å². The molecule has 1 aliphatic carbocycles. The quantitative estimate of drug-likeness (QED) is 0.323. The van der Waals surface area contributed by atoms with Gasteiger partial charge in [-0.25, -0.2) is 0 Å². The number of hydrogen-bond acceptors (Lipinski definition) is 4. The summed E-state index contributed by atoms with van der Waals surface area (Å²) in [7, 11) is 5.44. The number of nitrogens with two attached hydrogens (primary N) is 1. The lowest BCUT2D eigenvalue weighted by molar-refractivity contribution is 0.463. The molecule has 3 nitrogen and oxygen atoms in total. The Hall–Kier alpha value is -0.805. The van der Waals surface area contributed by atoms with E-state index < -0.39 is 0 Å². The minimum atomic E-state index is 0.588. The summed E-state index contributed by atoms with van der Waals surface area (Å²) >= 11 is 1.58. The van der Waals surface area contributed by atoms with Crippen molar-refractivity contribution in [3.8, 4) is 0 Å². The summed E-state index contributed by atoms with van der Waals surface area (Å²) in [5.41, 5.74) is 8.00. The minimum Gasteiger partial charge on any atom is -0.397 e. The van der Waals surface area contributed by atoms with Crippen LogP contribution in [0.3, 0.4) is 0 Å². The van der Waals surface area contributed by atoms with E-state index in [1.807, 2.05) is 6.07 Å². The smallest absolute Gasteiger partial charge is 0.0670 e. The van der Waals surface area contributed by atoms with Gasteiger partial charge in [0.25, 0.3) is 0 Å². The number of hydrogen-bond donors (Lipinski definition) is 3. The molecule has 0 saturated heterocycles. The lowest BCUT2D eigenvalue weighted by atomic mass is 9.95. The van der Waals surface area contributed by atoms with Crippen molar-refractivity contribution in [1.29, 1.82) is 0 Å². The zero-order chi connectivity index (χ0) is 13.5. The summed E-state index contributed by atoms with van der Waals surface area (Å²) in [5.74, 6) is 0. The fourth-order valence-corrected chi connectivity index (χ4v) is 3.10. The SMILES string of the molecule is [B]CCNSc1ccc(NC2CCCCC2)c(N)c1. The molecule has 1 saturated carbocycles. The van der Waals surface area contributed by atoms with Gasteiger partial charge in [-0.05, 0) is 49.5 Å². The first-order valence-corrected chi connectivity index (χ1v) is 7.87. The maximum atomic E-state index is 6.11. The molecule has 1 aromatic carbocycles. The summed E-state index contributed by atoms with van der Waals surface area (Å²) in [4.78, 5) is 1.13. The Bertz CT molecular complexity index is 394. The Morgan fingerprint density at radius 3 is 2.74 bits per heavy atom. The van der Waals surface area contributed by atoms with Crippen LogP contribution in [0.25, 0.3) is 0 Å². The van der Waals surface area contributed by atoms with E-state index in [-0.39, 0.29) is 0 Å². The number of nitrogen functional groups attached to an aromatic ring is 1. The topological polar surface area (TPSA) is 50.1 Å². The highest BCUT2D eigenvalue weighted by molar-refractivity contribution is 7.97. The molecule has 0 atom stereocenters. The van der Waals surface area contributed by atoms with Gasteiger partial charge in [-0.2, -0.15) is 0 Å². The van der Waals surface area contributed by atoms with Crippen molar-refractivity contribution in [2.75, 3.05) is 17.6 Å².